The Morgan fingerprint density at radius 3 is 2.00 bits per heavy atom. The predicted molar refractivity (Wildman–Crippen MR) is 84.0 cm³/mol. The van der Waals surface area contributed by atoms with Gasteiger partial charge in [-0.15, -0.1) is 0 Å². The molecule has 0 saturated carbocycles. The van der Waals surface area contributed by atoms with Gasteiger partial charge in [0, 0.05) is 22.6 Å². The fraction of sp³-hybridized carbons (Fsp3) is 0.0625. The Labute approximate surface area is 118 Å². The number of benzene rings is 2. The molecular formula is C16H17N3O. The Kier molecular flexibility index (Phi) is 4.05. The number of anilines is 3. The number of nitrogens with two attached hydrogens (primary N) is 2. The van der Waals surface area contributed by atoms with Crippen LogP contribution >= 0.6 is 0 Å². The molecule has 4 nitrogen and oxygen atoms in total. The van der Waals surface area contributed by atoms with E-state index in [1.165, 1.54) is 0 Å². The highest BCUT2D eigenvalue weighted by molar-refractivity contribution is 6.06. The first-order chi connectivity index (χ1) is 9.54. The van der Waals surface area contributed by atoms with Gasteiger partial charge in [0.25, 0.3) is 5.91 Å². The molecule has 20 heavy (non-hydrogen) atoms. The van der Waals surface area contributed by atoms with Crippen molar-refractivity contribution in [2.75, 3.05) is 16.8 Å². The first kappa shape index (κ1) is 13.7. The van der Waals surface area contributed by atoms with Gasteiger partial charge in [-0.3, -0.25) is 4.79 Å². The molecular weight excluding hydrogens is 250 g/mol. The molecule has 2 rings (SSSR count). The molecule has 5 N–H and O–H groups in total. The van der Waals surface area contributed by atoms with Crippen molar-refractivity contribution in [3.05, 3.63) is 59.7 Å². The molecule has 0 unspecified atom stereocenters. The largest absolute Gasteiger partial charge is 0.399 e. The molecule has 4 heteroatoms. The van der Waals surface area contributed by atoms with Crippen LogP contribution in [0.1, 0.15) is 12.5 Å². The number of rotatable bonds is 3. The third-order valence-corrected chi connectivity index (χ3v) is 2.85. The SMILES string of the molecule is C/C(=C\c1ccc(N)cc1)C(=O)Nc1ccc(N)cc1. The molecule has 0 aliphatic rings. The van der Waals surface area contributed by atoms with E-state index in [4.69, 9.17) is 11.5 Å². The van der Waals surface area contributed by atoms with Crippen LogP contribution < -0.4 is 16.8 Å². The number of carbonyl (C=O) groups is 1. The van der Waals surface area contributed by atoms with Crippen molar-refractivity contribution in [3.8, 4) is 0 Å². The average Bonchev–Trinajstić information content (AvgIpc) is 2.44. The zero-order chi connectivity index (χ0) is 14.5. The molecule has 0 fully saturated rings. The molecule has 0 aliphatic carbocycles. The topological polar surface area (TPSA) is 81.1 Å². The minimum Gasteiger partial charge on any atom is -0.399 e. The minimum absolute atomic E-state index is 0.147. The molecule has 2 aromatic rings. The highest BCUT2D eigenvalue weighted by Gasteiger charge is 2.04. The van der Waals surface area contributed by atoms with Gasteiger partial charge in [0.15, 0.2) is 0 Å². The van der Waals surface area contributed by atoms with E-state index in [9.17, 15) is 4.79 Å². The molecule has 2 aromatic carbocycles. The van der Waals surface area contributed by atoms with Crippen LogP contribution in [0.3, 0.4) is 0 Å². The van der Waals surface area contributed by atoms with Crippen molar-refractivity contribution in [2.45, 2.75) is 6.92 Å². The average molecular weight is 267 g/mol. The van der Waals surface area contributed by atoms with Gasteiger partial charge in [-0.2, -0.15) is 0 Å². The lowest BCUT2D eigenvalue weighted by atomic mass is 10.1. The maximum absolute atomic E-state index is 12.0. The standard InChI is InChI=1S/C16H17N3O/c1-11(10-12-2-4-13(17)5-3-12)16(20)19-15-8-6-14(18)7-9-15/h2-10H,17-18H2,1H3,(H,19,20)/b11-10+. The Bertz CT molecular complexity index is 628. The van der Waals surface area contributed by atoms with Crippen molar-refractivity contribution in [3.63, 3.8) is 0 Å². The van der Waals surface area contributed by atoms with Crippen LogP contribution in [0.5, 0.6) is 0 Å². The van der Waals surface area contributed by atoms with Crippen LogP contribution in [0, 0.1) is 0 Å². The second-order valence-electron chi connectivity index (χ2n) is 4.57. The third-order valence-electron chi connectivity index (χ3n) is 2.85. The maximum atomic E-state index is 12.0. The molecule has 0 aromatic heterocycles. The summed E-state index contributed by atoms with van der Waals surface area (Å²) in [7, 11) is 0. The summed E-state index contributed by atoms with van der Waals surface area (Å²) in [5.74, 6) is -0.147. The number of hydrogen-bond donors (Lipinski definition) is 3. The van der Waals surface area contributed by atoms with Crippen molar-refractivity contribution < 1.29 is 4.79 Å². The Balaban J connectivity index is 2.08. The highest BCUT2D eigenvalue weighted by atomic mass is 16.1. The van der Waals surface area contributed by atoms with Gasteiger partial charge in [-0.05, 0) is 55.0 Å². The van der Waals surface area contributed by atoms with Crippen LogP contribution in [-0.4, -0.2) is 5.91 Å². The van der Waals surface area contributed by atoms with Gasteiger partial charge < -0.3 is 16.8 Å². The molecule has 0 aliphatic heterocycles. The van der Waals surface area contributed by atoms with E-state index in [1.807, 2.05) is 18.2 Å². The molecule has 102 valence electrons. The minimum atomic E-state index is -0.147. The van der Waals surface area contributed by atoms with Crippen molar-refractivity contribution in [1.29, 1.82) is 0 Å². The summed E-state index contributed by atoms with van der Waals surface area (Å²) < 4.78 is 0. The zero-order valence-corrected chi connectivity index (χ0v) is 11.3. The van der Waals surface area contributed by atoms with E-state index >= 15 is 0 Å². The van der Waals surface area contributed by atoms with E-state index in [-0.39, 0.29) is 5.91 Å². The number of hydrogen-bond acceptors (Lipinski definition) is 3. The lowest BCUT2D eigenvalue weighted by Gasteiger charge is -2.06. The monoisotopic (exact) mass is 267 g/mol. The summed E-state index contributed by atoms with van der Waals surface area (Å²) in [6, 6.07) is 14.4. The van der Waals surface area contributed by atoms with Crippen LogP contribution in [0.15, 0.2) is 54.1 Å². The normalized spacial score (nSPS) is 11.2. The van der Waals surface area contributed by atoms with E-state index in [0.29, 0.717) is 22.6 Å². The van der Waals surface area contributed by atoms with E-state index in [1.54, 1.807) is 43.3 Å². The second-order valence-corrected chi connectivity index (χ2v) is 4.57. The van der Waals surface area contributed by atoms with Crippen LogP contribution in [-0.2, 0) is 4.79 Å². The Hall–Kier alpha value is -2.75. The predicted octanol–water partition coefficient (Wildman–Crippen LogP) is 2.89. The maximum Gasteiger partial charge on any atom is 0.251 e. The zero-order valence-electron chi connectivity index (χ0n) is 11.3. The first-order valence-electron chi connectivity index (χ1n) is 6.25. The van der Waals surface area contributed by atoms with Crippen molar-refractivity contribution in [1.82, 2.24) is 0 Å². The Morgan fingerprint density at radius 2 is 1.45 bits per heavy atom. The smallest absolute Gasteiger partial charge is 0.251 e. The van der Waals surface area contributed by atoms with Crippen LogP contribution in [0.25, 0.3) is 6.08 Å². The van der Waals surface area contributed by atoms with E-state index < -0.39 is 0 Å². The van der Waals surface area contributed by atoms with Gasteiger partial charge in [0.1, 0.15) is 0 Å². The molecule has 0 heterocycles. The molecule has 0 bridgehead atoms. The molecule has 0 spiro atoms. The molecule has 0 saturated heterocycles. The number of nitrogen functional groups attached to an aromatic ring is 2. The van der Waals surface area contributed by atoms with Crippen molar-refractivity contribution in [2.24, 2.45) is 0 Å². The second kappa shape index (κ2) is 5.93. The Morgan fingerprint density at radius 1 is 0.950 bits per heavy atom. The van der Waals surface area contributed by atoms with Crippen molar-refractivity contribution >= 4 is 29.0 Å². The van der Waals surface area contributed by atoms with Gasteiger partial charge in [0.2, 0.25) is 0 Å². The fourth-order valence-corrected chi connectivity index (χ4v) is 1.70. The molecule has 0 atom stereocenters. The van der Waals surface area contributed by atoms with E-state index in [0.717, 1.165) is 5.56 Å². The summed E-state index contributed by atoms with van der Waals surface area (Å²) in [6.45, 7) is 1.77. The quantitative estimate of drug-likeness (QED) is 0.590. The van der Waals surface area contributed by atoms with Gasteiger partial charge in [0.05, 0.1) is 0 Å². The van der Waals surface area contributed by atoms with Crippen LogP contribution in [0.4, 0.5) is 17.1 Å². The summed E-state index contributed by atoms with van der Waals surface area (Å²) in [5.41, 5.74) is 14.9. The number of carbonyl (C=O) groups excluding carboxylic acids is 1. The highest BCUT2D eigenvalue weighted by Crippen LogP contribution is 2.14. The van der Waals surface area contributed by atoms with Gasteiger partial charge in [-0.25, -0.2) is 0 Å². The lowest BCUT2D eigenvalue weighted by Crippen LogP contribution is -2.12. The number of nitrogens with one attached hydrogen (secondary N) is 1. The molecule has 0 radical (unpaired) electrons. The lowest BCUT2D eigenvalue weighted by molar-refractivity contribution is -0.112. The summed E-state index contributed by atoms with van der Waals surface area (Å²) in [5, 5.41) is 2.81. The number of amides is 1. The summed E-state index contributed by atoms with van der Waals surface area (Å²) >= 11 is 0. The van der Waals surface area contributed by atoms with Gasteiger partial charge >= 0.3 is 0 Å². The summed E-state index contributed by atoms with van der Waals surface area (Å²) in [6.07, 6.45) is 1.81. The summed E-state index contributed by atoms with van der Waals surface area (Å²) in [4.78, 5) is 12.0. The third kappa shape index (κ3) is 3.62. The fourth-order valence-electron chi connectivity index (χ4n) is 1.70. The molecule has 1 amide bonds. The van der Waals surface area contributed by atoms with E-state index in [2.05, 4.69) is 5.32 Å². The van der Waals surface area contributed by atoms with Gasteiger partial charge in [-0.1, -0.05) is 12.1 Å². The first-order valence-corrected chi connectivity index (χ1v) is 6.25. The van der Waals surface area contributed by atoms with Crippen LogP contribution in [0.2, 0.25) is 0 Å².